The number of rotatable bonds is 4. The Labute approximate surface area is 57.6 Å². The zero-order chi connectivity index (χ0) is 7.11. The Balaban J connectivity index is 3.41. The third-order valence-corrected chi connectivity index (χ3v) is 1.24. The van der Waals surface area contributed by atoms with Crippen molar-refractivity contribution in [2.24, 2.45) is 4.99 Å². The van der Waals surface area contributed by atoms with Crippen molar-refractivity contribution in [3.8, 4) is 0 Å². The molecule has 0 rings (SSSR count). The van der Waals surface area contributed by atoms with Gasteiger partial charge in [0.25, 0.3) is 0 Å². The molecule has 0 saturated carbocycles. The average molecular weight is 128 g/mol. The summed E-state index contributed by atoms with van der Waals surface area (Å²) in [5.74, 6) is 0. The van der Waals surface area contributed by atoms with Gasteiger partial charge in [0.05, 0.1) is 6.34 Å². The van der Waals surface area contributed by atoms with Crippen LogP contribution in [0.3, 0.4) is 0 Å². The Bertz CT molecular complexity index is 75.0. The third-order valence-electron chi connectivity index (χ3n) is 1.24. The second kappa shape index (κ2) is 5.60. The smallest absolute Gasteiger partial charge is 0.0849 e. The van der Waals surface area contributed by atoms with Crippen LogP contribution in [-0.4, -0.2) is 30.9 Å². The number of hydrogen-bond acceptors (Lipinski definition) is 1. The molecule has 0 aliphatic rings. The standard InChI is InChI=1S/C7H16N2/c1-4-8-7-9(5-2)6-3/h7H,4-6H2,1-3H3/b8-7-. The SMILES string of the molecule is CC/N=C\N(CC)CC. The molecule has 0 aliphatic heterocycles. The van der Waals surface area contributed by atoms with Gasteiger partial charge in [0.2, 0.25) is 0 Å². The van der Waals surface area contributed by atoms with E-state index in [-0.39, 0.29) is 0 Å². The predicted molar refractivity (Wildman–Crippen MR) is 42.0 cm³/mol. The van der Waals surface area contributed by atoms with E-state index in [1.54, 1.807) is 0 Å². The maximum atomic E-state index is 4.11. The summed E-state index contributed by atoms with van der Waals surface area (Å²) in [5, 5.41) is 0. The van der Waals surface area contributed by atoms with Gasteiger partial charge in [-0.2, -0.15) is 0 Å². The Kier molecular flexibility index (Phi) is 5.27. The van der Waals surface area contributed by atoms with E-state index in [9.17, 15) is 0 Å². The Morgan fingerprint density at radius 3 is 2.11 bits per heavy atom. The van der Waals surface area contributed by atoms with Crippen molar-refractivity contribution in [2.75, 3.05) is 19.6 Å². The molecular weight excluding hydrogens is 112 g/mol. The summed E-state index contributed by atoms with van der Waals surface area (Å²) in [4.78, 5) is 6.28. The molecule has 0 bridgehead atoms. The molecule has 0 aromatic rings. The van der Waals surface area contributed by atoms with Crippen LogP contribution < -0.4 is 0 Å². The maximum Gasteiger partial charge on any atom is 0.0849 e. The Hall–Kier alpha value is -0.530. The predicted octanol–water partition coefficient (Wildman–Crippen LogP) is 1.38. The lowest BCUT2D eigenvalue weighted by Crippen LogP contribution is -2.20. The minimum absolute atomic E-state index is 0.885. The van der Waals surface area contributed by atoms with Crippen molar-refractivity contribution in [3.63, 3.8) is 0 Å². The zero-order valence-corrected chi connectivity index (χ0v) is 6.59. The first kappa shape index (κ1) is 8.47. The number of aliphatic imine (C=N–C) groups is 1. The molecule has 0 radical (unpaired) electrons. The van der Waals surface area contributed by atoms with Gasteiger partial charge in [-0.25, -0.2) is 0 Å². The second-order valence-electron chi connectivity index (χ2n) is 1.84. The molecule has 2 heteroatoms. The largest absolute Gasteiger partial charge is 0.364 e. The topological polar surface area (TPSA) is 15.6 Å². The summed E-state index contributed by atoms with van der Waals surface area (Å²) in [5.41, 5.74) is 0. The fourth-order valence-electron chi connectivity index (χ4n) is 0.584. The lowest BCUT2D eigenvalue weighted by atomic mass is 10.6. The second-order valence-corrected chi connectivity index (χ2v) is 1.84. The van der Waals surface area contributed by atoms with E-state index < -0.39 is 0 Å². The quantitative estimate of drug-likeness (QED) is 0.412. The molecule has 0 atom stereocenters. The molecule has 0 saturated heterocycles. The number of hydrogen-bond donors (Lipinski definition) is 0. The van der Waals surface area contributed by atoms with E-state index in [1.807, 2.05) is 13.3 Å². The van der Waals surface area contributed by atoms with Crippen LogP contribution in [-0.2, 0) is 0 Å². The van der Waals surface area contributed by atoms with Gasteiger partial charge in [0.15, 0.2) is 0 Å². The summed E-state index contributed by atoms with van der Waals surface area (Å²) in [6.45, 7) is 9.30. The minimum Gasteiger partial charge on any atom is -0.364 e. The molecule has 0 amide bonds. The summed E-state index contributed by atoms with van der Waals surface area (Å²) < 4.78 is 0. The third kappa shape index (κ3) is 4.01. The van der Waals surface area contributed by atoms with Gasteiger partial charge in [-0.05, 0) is 20.8 Å². The average Bonchev–Trinajstić information content (AvgIpc) is 1.91. The summed E-state index contributed by atoms with van der Waals surface area (Å²) in [6.07, 6.45) is 1.92. The highest BCUT2D eigenvalue weighted by Gasteiger charge is 1.86. The van der Waals surface area contributed by atoms with Gasteiger partial charge in [-0.1, -0.05) is 0 Å². The van der Waals surface area contributed by atoms with Crippen molar-refractivity contribution >= 4 is 6.34 Å². The van der Waals surface area contributed by atoms with Crippen LogP contribution in [0.15, 0.2) is 4.99 Å². The van der Waals surface area contributed by atoms with Crippen LogP contribution in [0.4, 0.5) is 0 Å². The maximum absolute atomic E-state index is 4.11. The molecule has 0 fully saturated rings. The highest BCUT2D eigenvalue weighted by atomic mass is 15.1. The number of nitrogens with zero attached hydrogens (tertiary/aromatic N) is 2. The van der Waals surface area contributed by atoms with E-state index in [4.69, 9.17) is 0 Å². The van der Waals surface area contributed by atoms with Crippen LogP contribution in [0, 0.1) is 0 Å². The molecule has 0 unspecified atom stereocenters. The van der Waals surface area contributed by atoms with Crippen LogP contribution in [0.5, 0.6) is 0 Å². The molecule has 54 valence electrons. The molecule has 9 heavy (non-hydrogen) atoms. The van der Waals surface area contributed by atoms with Crippen molar-refractivity contribution in [3.05, 3.63) is 0 Å². The normalized spacial score (nSPS) is 10.6. The van der Waals surface area contributed by atoms with E-state index in [0.29, 0.717) is 0 Å². The van der Waals surface area contributed by atoms with Crippen molar-refractivity contribution in [2.45, 2.75) is 20.8 Å². The van der Waals surface area contributed by atoms with Gasteiger partial charge >= 0.3 is 0 Å². The molecule has 0 aromatic carbocycles. The molecule has 0 aliphatic carbocycles. The van der Waals surface area contributed by atoms with E-state index in [1.165, 1.54) is 0 Å². The summed E-state index contributed by atoms with van der Waals surface area (Å²) in [6, 6.07) is 0. The van der Waals surface area contributed by atoms with E-state index in [2.05, 4.69) is 23.7 Å². The van der Waals surface area contributed by atoms with Crippen LogP contribution in [0.2, 0.25) is 0 Å². The Morgan fingerprint density at radius 2 is 1.78 bits per heavy atom. The van der Waals surface area contributed by atoms with Crippen LogP contribution in [0.25, 0.3) is 0 Å². The lowest BCUT2D eigenvalue weighted by molar-refractivity contribution is 0.478. The highest BCUT2D eigenvalue weighted by molar-refractivity contribution is 5.54. The minimum atomic E-state index is 0.885. The summed E-state index contributed by atoms with van der Waals surface area (Å²) >= 11 is 0. The van der Waals surface area contributed by atoms with E-state index in [0.717, 1.165) is 19.6 Å². The van der Waals surface area contributed by atoms with Gasteiger partial charge in [-0.15, -0.1) is 0 Å². The van der Waals surface area contributed by atoms with E-state index >= 15 is 0 Å². The molecule has 0 aromatic heterocycles. The molecule has 2 nitrogen and oxygen atoms in total. The fourth-order valence-corrected chi connectivity index (χ4v) is 0.584. The molecule has 0 N–H and O–H groups in total. The van der Waals surface area contributed by atoms with Crippen molar-refractivity contribution in [1.29, 1.82) is 0 Å². The first-order valence-electron chi connectivity index (χ1n) is 3.59. The lowest BCUT2D eigenvalue weighted by Gasteiger charge is -2.12. The molecule has 0 spiro atoms. The van der Waals surface area contributed by atoms with Gasteiger partial charge in [-0.3, -0.25) is 4.99 Å². The zero-order valence-electron chi connectivity index (χ0n) is 6.59. The van der Waals surface area contributed by atoms with Gasteiger partial charge in [0, 0.05) is 19.6 Å². The van der Waals surface area contributed by atoms with Gasteiger partial charge in [0.1, 0.15) is 0 Å². The molecule has 0 heterocycles. The van der Waals surface area contributed by atoms with Crippen LogP contribution >= 0.6 is 0 Å². The van der Waals surface area contributed by atoms with Gasteiger partial charge < -0.3 is 4.90 Å². The fraction of sp³-hybridized carbons (Fsp3) is 0.857. The van der Waals surface area contributed by atoms with Crippen LogP contribution in [0.1, 0.15) is 20.8 Å². The highest BCUT2D eigenvalue weighted by Crippen LogP contribution is 1.79. The first-order valence-corrected chi connectivity index (χ1v) is 3.59. The monoisotopic (exact) mass is 128 g/mol. The summed E-state index contributed by atoms with van der Waals surface area (Å²) in [7, 11) is 0. The van der Waals surface area contributed by atoms with Crippen molar-refractivity contribution < 1.29 is 0 Å². The first-order chi connectivity index (χ1) is 4.35. The Morgan fingerprint density at radius 1 is 1.22 bits per heavy atom. The molecular formula is C7H16N2. The van der Waals surface area contributed by atoms with Crippen molar-refractivity contribution in [1.82, 2.24) is 4.90 Å².